The van der Waals surface area contributed by atoms with Gasteiger partial charge in [0.2, 0.25) is 0 Å². The van der Waals surface area contributed by atoms with E-state index in [4.69, 9.17) is 22.7 Å². The van der Waals surface area contributed by atoms with Crippen molar-refractivity contribution in [3.8, 4) is 0 Å². The van der Waals surface area contributed by atoms with Crippen LogP contribution >= 0.6 is 12.2 Å². The van der Waals surface area contributed by atoms with E-state index in [2.05, 4.69) is 6.92 Å². The lowest BCUT2D eigenvalue weighted by Crippen LogP contribution is -2.41. The molecule has 4 nitrogen and oxygen atoms in total. The maximum absolute atomic E-state index is 11.6. The molecule has 0 aromatic rings. The first-order valence-corrected chi connectivity index (χ1v) is 6.27. The van der Waals surface area contributed by atoms with E-state index < -0.39 is 0 Å². The standard InChI is InChI=1S/C11H20N2O2S/c1-2-3-8-15-11(14)13-6-4-9(5-7-13)10(12)16/h9H,2-8H2,1H3,(H2,12,16). The van der Waals surface area contributed by atoms with E-state index in [1.807, 2.05) is 0 Å². The summed E-state index contributed by atoms with van der Waals surface area (Å²) < 4.78 is 5.14. The molecule has 1 aliphatic rings. The first-order chi connectivity index (χ1) is 7.65. The molecule has 1 heterocycles. The maximum Gasteiger partial charge on any atom is 0.409 e. The van der Waals surface area contributed by atoms with Gasteiger partial charge in [0.25, 0.3) is 0 Å². The van der Waals surface area contributed by atoms with Crippen molar-refractivity contribution < 1.29 is 9.53 Å². The van der Waals surface area contributed by atoms with Crippen LogP contribution in [-0.2, 0) is 4.74 Å². The van der Waals surface area contributed by atoms with Crippen molar-refractivity contribution in [1.29, 1.82) is 0 Å². The van der Waals surface area contributed by atoms with Crippen molar-refractivity contribution in [3.05, 3.63) is 0 Å². The zero-order valence-electron chi connectivity index (χ0n) is 9.78. The highest BCUT2D eigenvalue weighted by Crippen LogP contribution is 2.17. The number of nitrogens with two attached hydrogens (primary N) is 1. The van der Waals surface area contributed by atoms with Crippen LogP contribution in [0.5, 0.6) is 0 Å². The van der Waals surface area contributed by atoms with Crippen molar-refractivity contribution in [2.45, 2.75) is 32.6 Å². The number of nitrogens with zero attached hydrogens (tertiary/aromatic N) is 1. The highest BCUT2D eigenvalue weighted by molar-refractivity contribution is 7.80. The minimum Gasteiger partial charge on any atom is -0.449 e. The number of likely N-dealkylation sites (tertiary alicyclic amines) is 1. The van der Waals surface area contributed by atoms with Gasteiger partial charge in [-0.05, 0) is 19.3 Å². The third-order valence-corrected chi connectivity index (χ3v) is 3.21. The molecule has 0 bridgehead atoms. The van der Waals surface area contributed by atoms with Crippen LogP contribution in [0.3, 0.4) is 0 Å². The number of carbonyl (C=O) groups excluding carboxylic acids is 1. The summed E-state index contributed by atoms with van der Waals surface area (Å²) in [6.07, 6.45) is 3.48. The van der Waals surface area contributed by atoms with Gasteiger partial charge in [0.15, 0.2) is 0 Å². The zero-order chi connectivity index (χ0) is 12.0. The fourth-order valence-electron chi connectivity index (χ4n) is 1.74. The van der Waals surface area contributed by atoms with Gasteiger partial charge in [-0.15, -0.1) is 0 Å². The van der Waals surface area contributed by atoms with Crippen molar-refractivity contribution in [3.63, 3.8) is 0 Å². The number of rotatable bonds is 4. The lowest BCUT2D eigenvalue weighted by atomic mass is 9.97. The normalized spacial score (nSPS) is 17.2. The molecule has 5 heteroatoms. The number of ether oxygens (including phenoxy) is 1. The monoisotopic (exact) mass is 244 g/mol. The van der Waals surface area contributed by atoms with Crippen molar-refractivity contribution in [2.24, 2.45) is 11.7 Å². The second kappa shape index (κ2) is 6.68. The van der Waals surface area contributed by atoms with E-state index in [1.54, 1.807) is 4.90 Å². The Morgan fingerprint density at radius 3 is 2.62 bits per heavy atom. The lowest BCUT2D eigenvalue weighted by Gasteiger charge is -2.30. The van der Waals surface area contributed by atoms with Gasteiger partial charge in [0, 0.05) is 19.0 Å². The van der Waals surface area contributed by atoms with Crippen LogP contribution in [0.4, 0.5) is 4.79 Å². The maximum atomic E-state index is 11.6. The summed E-state index contributed by atoms with van der Waals surface area (Å²) in [5.74, 6) is 0.287. The van der Waals surface area contributed by atoms with Gasteiger partial charge in [-0.1, -0.05) is 25.6 Å². The van der Waals surface area contributed by atoms with Crippen molar-refractivity contribution in [1.82, 2.24) is 4.90 Å². The minimum absolute atomic E-state index is 0.199. The molecule has 1 rings (SSSR count). The second-order valence-corrected chi connectivity index (χ2v) is 4.60. The highest BCUT2D eigenvalue weighted by Gasteiger charge is 2.24. The number of unbranched alkanes of at least 4 members (excludes halogenated alkanes) is 1. The average Bonchev–Trinajstić information content (AvgIpc) is 2.29. The fourth-order valence-corrected chi connectivity index (χ4v) is 1.98. The molecule has 1 fully saturated rings. The molecule has 0 unspecified atom stereocenters. The van der Waals surface area contributed by atoms with Gasteiger partial charge in [0.05, 0.1) is 11.6 Å². The predicted octanol–water partition coefficient (Wildman–Crippen LogP) is 1.92. The van der Waals surface area contributed by atoms with Crippen molar-refractivity contribution >= 4 is 23.3 Å². The zero-order valence-corrected chi connectivity index (χ0v) is 10.6. The summed E-state index contributed by atoms with van der Waals surface area (Å²) in [4.78, 5) is 13.9. The Balaban J connectivity index is 2.25. The van der Waals surface area contributed by atoms with Gasteiger partial charge < -0.3 is 15.4 Å². The number of piperidine rings is 1. The summed E-state index contributed by atoms with van der Waals surface area (Å²) in [5.41, 5.74) is 5.58. The Labute approximate surface area is 102 Å². The third-order valence-electron chi connectivity index (χ3n) is 2.88. The van der Waals surface area contributed by atoms with Crippen molar-refractivity contribution in [2.75, 3.05) is 19.7 Å². The van der Waals surface area contributed by atoms with Crippen LogP contribution < -0.4 is 5.73 Å². The largest absolute Gasteiger partial charge is 0.449 e. The topological polar surface area (TPSA) is 55.6 Å². The van der Waals surface area contributed by atoms with E-state index in [-0.39, 0.29) is 12.0 Å². The van der Waals surface area contributed by atoms with Crippen LogP contribution in [0.15, 0.2) is 0 Å². The molecule has 1 amide bonds. The summed E-state index contributed by atoms with van der Waals surface area (Å²) in [7, 11) is 0. The van der Waals surface area contributed by atoms with E-state index in [0.717, 1.165) is 25.7 Å². The second-order valence-electron chi connectivity index (χ2n) is 4.13. The molecule has 0 aliphatic carbocycles. The van der Waals surface area contributed by atoms with Gasteiger partial charge in [0.1, 0.15) is 0 Å². The number of hydrogen-bond acceptors (Lipinski definition) is 3. The molecular weight excluding hydrogens is 224 g/mol. The lowest BCUT2D eigenvalue weighted by molar-refractivity contribution is 0.0910. The summed E-state index contributed by atoms with van der Waals surface area (Å²) in [5, 5.41) is 0. The third kappa shape index (κ3) is 3.96. The Kier molecular flexibility index (Phi) is 5.52. The van der Waals surface area contributed by atoms with Gasteiger partial charge >= 0.3 is 6.09 Å². The van der Waals surface area contributed by atoms with E-state index in [1.165, 1.54) is 0 Å². The number of amides is 1. The Morgan fingerprint density at radius 1 is 1.50 bits per heavy atom. The van der Waals surface area contributed by atoms with Crippen LogP contribution in [0.2, 0.25) is 0 Å². The van der Waals surface area contributed by atoms with Crippen LogP contribution in [0.1, 0.15) is 32.6 Å². The quantitative estimate of drug-likeness (QED) is 0.606. The first-order valence-electron chi connectivity index (χ1n) is 5.86. The molecule has 0 spiro atoms. The predicted molar refractivity (Wildman–Crippen MR) is 67.3 cm³/mol. The molecule has 0 atom stereocenters. The SMILES string of the molecule is CCCCOC(=O)N1CCC(C(N)=S)CC1. The Bertz CT molecular complexity index is 250. The van der Waals surface area contributed by atoms with Gasteiger partial charge in [-0.2, -0.15) is 0 Å². The molecule has 1 aliphatic heterocycles. The van der Waals surface area contributed by atoms with E-state index in [0.29, 0.717) is 24.7 Å². The van der Waals surface area contributed by atoms with Gasteiger partial charge in [-0.25, -0.2) is 4.79 Å². The average molecular weight is 244 g/mol. The summed E-state index contributed by atoms with van der Waals surface area (Å²) in [6.45, 7) is 3.99. The summed E-state index contributed by atoms with van der Waals surface area (Å²) >= 11 is 4.95. The minimum atomic E-state index is -0.199. The molecule has 0 saturated carbocycles. The number of carbonyl (C=O) groups is 1. The van der Waals surface area contributed by atoms with E-state index >= 15 is 0 Å². The molecule has 0 aromatic carbocycles. The Hall–Kier alpha value is -0.840. The van der Waals surface area contributed by atoms with Gasteiger partial charge in [-0.3, -0.25) is 0 Å². The van der Waals surface area contributed by atoms with Crippen LogP contribution in [0, 0.1) is 5.92 Å². The number of hydrogen-bond donors (Lipinski definition) is 1. The van der Waals surface area contributed by atoms with Crippen LogP contribution in [0.25, 0.3) is 0 Å². The smallest absolute Gasteiger partial charge is 0.409 e. The molecule has 0 aromatic heterocycles. The molecule has 1 saturated heterocycles. The molecule has 0 radical (unpaired) electrons. The molecule has 92 valence electrons. The molecular formula is C11H20N2O2S. The highest BCUT2D eigenvalue weighted by atomic mass is 32.1. The van der Waals surface area contributed by atoms with E-state index in [9.17, 15) is 4.79 Å². The van der Waals surface area contributed by atoms with Crippen LogP contribution in [-0.4, -0.2) is 35.7 Å². The number of thiocarbonyl (C=S) groups is 1. The molecule has 16 heavy (non-hydrogen) atoms. The summed E-state index contributed by atoms with van der Waals surface area (Å²) in [6, 6.07) is 0. The molecule has 2 N–H and O–H groups in total. The first kappa shape index (κ1) is 13.2. The fraction of sp³-hybridized carbons (Fsp3) is 0.818. The Morgan fingerprint density at radius 2 is 2.12 bits per heavy atom.